The van der Waals surface area contributed by atoms with Crippen LogP contribution in [0.25, 0.3) is 0 Å². The van der Waals surface area contributed by atoms with Crippen LogP contribution in [0.4, 0.5) is 0 Å². The van der Waals surface area contributed by atoms with Gasteiger partial charge in [-0.25, -0.2) is 4.57 Å². The lowest BCUT2D eigenvalue weighted by Gasteiger charge is -2.25. The Kier molecular flexibility index (Phi) is 50.1. The smallest absolute Gasteiger partial charge is 0.387 e. The molecule has 0 bridgehead atoms. The maximum absolute atomic E-state index is 12.9. The zero-order valence-electron chi connectivity index (χ0n) is 46.6. The van der Waals surface area contributed by atoms with Crippen LogP contribution < -0.4 is 5.32 Å². The van der Waals surface area contributed by atoms with Crippen molar-refractivity contribution in [3.8, 4) is 0 Å². The second-order valence-electron chi connectivity index (χ2n) is 19.9. The van der Waals surface area contributed by atoms with Gasteiger partial charge in [0.05, 0.1) is 39.9 Å². The quantitative estimate of drug-likeness (QED) is 0.0243. The van der Waals surface area contributed by atoms with Crippen molar-refractivity contribution in [1.29, 1.82) is 0 Å². The number of hydrogen-bond donors (Lipinski definition) is 3. The Hall–Kier alpha value is -3.36. The fraction of sp³-hybridized carbons (Fsp3) is 0.635. The van der Waals surface area contributed by atoms with Gasteiger partial charge in [-0.2, -0.15) is 0 Å². The number of carbonyl (C=O) groups excluding carboxylic acids is 1. The number of carbonyl (C=O) groups is 1. The number of nitrogens with zero attached hydrogens (tertiary/aromatic N) is 1. The highest BCUT2D eigenvalue weighted by Crippen LogP contribution is 2.43. The third-order valence-corrected chi connectivity index (χ3v) is 12.8. The van der Waals surface area contributed by atoms with Gasteiger partial charge in [0, 0.05) is 6.42 Å². The number of rotatable bonds is 50. The predicted molar refractivity (Wildman–Crippen MR) is 313 cm³/mol. The number of aliphatic hydroxyl groups excluding tert-OH is 1. The van der Waals surface area contributed by atoms with Crippen LogP contribution in [-0.2, 0) is 18.4 Å². The Labute approximate surface area is 443 Å². The number of unbranched alkanes of at least 4 members (excludes halogenated alkanes) is 17. The molecule has 9 heteroatoms. The van der Waals surface area contributed by atoms with E-state index in [0.717, 1.165) is 103 Å². The highest BCUT2D eigenvalue weighted by atomic mass is 31.2. The van der Waals surface area contributed by atoms with Gasteiger partial charge in [-0.3, -0.25) is 13.8 Å². The molecule has 3 N–H and O–H groups in total. The average Bonchev–Trinajstić information content (AvgIpc) is 3.34. The second-order valence-corrected chi connectivity index (χ2v) is 21.4. The summed E-state index contributed by atoms with van der Waals surface area (Å²) in [7, 11) is 1.53. The number of phosphoric ester groups is 1. The highest BCUT2D eigenvalue weighted by Gasteiger charge is 2.27. The first-order valence-electron chi connectivity index (χ1n) is 28.6. The summed E-state index contributed by atoms with van der Waals surface area (Å²) in [5, 5.41) is 13.8. The van der Waals surface area contributed by atoms with Crippen molar-refractivity contribution in [2.75, 3.05) is 40.9 Å². The molecular formula is C63H108N2O6P+. The molecule has 0 aromatic carbocycles. The van der Waals surface area contributed by atoms with Crippen LogP contribution in [0.15, 0.2) is 134 Å². The molecule has 0 saturated heterocycles. The van der Waals surface area contributed by atoms with Gasteiger partial charge in [-0.05, 0) is 109 Å². The van der Waals surface area contributed by atoms with Crippen LogP contribution in [-0.4, -0.2) is 73.4 Å². The fourth-order valence-corrected chi connectivity index (χ4v) is 8.12. The molecule has 0 aromatic heterocycles. The molecule has 3 atom stereocenters. The summed E-state index contributed by atoms with van der Waals surface area (Å²) in [6.07, 6.45) is 79.9. The molecular weight excluding hydrogens is 912 g/mol. The lowest BCUT2D eigenvalue weighted by molar-refractivity contribution is -0.870. The van der Waals surface area contributed by atoms with E-state index in [1.165, 1.54) is 83.5 Å². The Bertz CT molecular complexity index is 1630. The van der Waals surface area contributed by atoms with Crippen LogP contribution in [0.2, 0.25) is 0 Å². The summed E-state index contributed by atoms with van der Waals surface area (Å²) in [5.41, 5.74) is 0. The van der Waals surface area contributed by atoms with E-state index in [1.54, 1.807) is 6.08 Å². The third-order valence-electron chi connectivity index (χ3n) is 11.8. The minimum Gasteiger partial charge on any atom is -0.387 e. The fourth-order valence-electron chi connectivity index (χ4n) is 7.38. The van der Waals surface area contributed by atoms with Crippen molar-refractivity contribution >= 4 is 13.7 Å². The van der Waals surface area contributed by atoms with Crippen LogP contribution in [0.5, 0.6) is 0 Å². The lowest BCUT2D eigenvalue weighted by Crippen LogP contribution is -2.45. The number of aliphatic hydroxyl groups is 1. The second kappa shape index (κ2) is 52.5. The van der Waals surface area contributed by atoms with E-state index >= 15 is 0 Å². The molecule has 0 radical (unpaired) electrons. The summed E-state index contributed by atoms with van der Waals surface area (Å²) in [6.45, 7) is 4.61. The molecule has 0 fully saturated rings. The Morgan fingerprint density at radius 3 is 1.28 bits per heavy atom. The van der Waals surface area contributed by atoms with Crippen molar-refractivity contribution in [1.82, 2.24) is 5.32 Å². The first-order chi connectivity index (χ1) is 35.0. The molecule has 8 nitrogen and oxygen atoms in total. The van der Waals surface area contributed by atoms with Crippen molar-refractivity contribution in [3.63, 3.8) is 0 Å². The number of allylic oxidation sites excluding steroid dienone is 21. The van der Waals surface area contributed by atoms with Gasteiger partial charge in [0.2, 0.25) is 5.91 Å². The molecule has 0 heterocycles. The third kappa shape index (κ3) is 54.4. The maximum Gasteiger partial charge on any atom is 0.472 e. The summed E-state index contributed by atoms with van der Waals surface area (Å²) in [5.74, 6) is -0.200. The highest BCUT2D eigenvalue weighted by molar-refractivity contribution is 7.47. The Balaban J connectivity index is 4.12. The number of amides is 1. The molecule has 72 heavy (non-hydrogen) atoms. The first kappa shape index (κ1) is 68.6. The number of quaternary nitrogens is 1. The van der Waals surface area contributed by atoms with E-state index in [1.807, 2.05) is 27.2 Å². The molecule has 0 spiro atoms. The van der Waals surface area contributed by atoms with Gasteiger partial charge < -0.3 is 19.8 Å². The minimum absolute atomic E-state index is 0.0470. The van der Waals surface area contributed by atoms with E-state index in [9.17, 15) is 19.4 Å². The standard InChI is InChI=1S/C63H107N2O6P/c1-6-8-10-12-14-16-18-20-21-22-23-24-25-26-27-28-29-30-31-32-33-34-35-36-37-38-39-40-41-42-43-45-47-49-51-53-55-57-63(67)64-61(60-71-72(68,69)70-59-58-65(3,4)5)62(66)56-54-52-50-48-46-44-19-17-15-13-11-9-7-2/h8,10,14-17,20-21,23-24,26-27,29-30,32-33,35-36,46,48,54,56,61-62,66H,6-7,9,11-13,18-19,22,25,28,31,34,37-45,47,49-53,55,57-60H2,1-5H3,(H-,64,67,68,69)/p+1/b10-8-,16-14-,17-15+,21-20-,24-23-,27-26-,30-29-,33-32-,36-35-,48-46+,56-54+. The molecule has 410 valence electrons. The summed E-state index contributed by atoms with van der Waals surface area (Å²) in [6, 6.07) is -0.878. The van der Waals surface area contributed by atoms with E-state index in [0.29, 0.717) is 17.4 Å². The molecule has 0 aliphatic heterocycles. The molecule has 1 amide bonds. The van der Waals surface area contributed by atoms with Crippen molar-refractivity contribution < 1.29 is 32.9 Å². The number of hydrogen-bond acceptors (Lipinski definition) is 5. The predicted octanol–water partition coefficient (Wildman–Crippen LogP) is 17.5. The van der Waals surface area contributed by atoms with Gasteiger partial charge in [0.1, 0.15) is 13.2 Å². The molecule has 0 aromatic rings. The molecule has 3 unspecified atom stereocenters. The minimum atomic E-state index is -4.36. The van der Waals surface area contributed by atoms with Crippen molar-refractivity contribution in [3.05, 3.63) is 134 Å². The monoisotopic (exact) mass is 1020 g/mol. The molecule has 0 aliphatic carbocycles. The topological polar surface area (TPSA) is 105 Å². The van der Waals surface area contributed by atoms with Crippen molar-refractivity contribution in [2.24, 2.45) is 0 Å². The zero-order chi connectivity index (χ0) is 52.7. The summed E-state index contributed by atoms with van der Waals surface area (Å²) >= 11 is 0. The van der Waals surface area contributed by atoms with Crippen molar-refractivity contribution in [2.45, 2.75) is 219 Å². The summed E-state index contributed by atoms with van der Waals surface area (Å²) < 4.78 is 23.6. The summed E-state index contributed by atoms with van der Waals surface area (Å²) in [4.78, 5) is 23.2. The molecule has 0 aliphatic rings. The van der Waals surface area contributed by atoms with E-state index in [2.05, 4.69) is 141 Å². The van der Waals surface area contributed by atoms with E-state index < -0.39 is 20.0 Å². The molecule has 0 saturated carbocycles. The van der Waals surface area contributed by atoms with Gasteiger partial charge in [-0.1, -0.05) is 225 Å². The van der Waals surface area contributed by atoms with Gasteiger partial charge in [-0.15, -0.1) is 0 Å². The normalized spacial score (nSPS) is 14.9. The van der Waals surface area contributed by atoms with Crippen LogP contribution in [0.1, 0.15) is 206 Å². The molecule has 0 rings (SSSR count). The lowest BCUT2D eigenvalue weighted by atomic mass is 10.0. The number of phosphoric acid groups is 1. The largest absolute Gasteiger partial charge is 0.472 e. The Morgan fingerprint density at radius 2 is 0.847 bits per heavy atom. The van der Waals surface area contributed by atoms with Crippen LogP contribution in [0, 0.1) is 0 Å². The van der Waals surface area contributed by atoms with Gasteiger partial charge in [0.15, 0.2) is 0 Å². The van der Waals surface area contributed by atoms with Crippen LogP contribution in [0.3, 0.4) is 0 Å². The number of nitrogens with one attached hydrogen (secondary N) is 1. The maximum atomic E-state index is 12.9. The van der Waals surface area contributed by atoms with E-state index in [-0.39, 0.29) is 19.1 Å². The SMILES string of the molecule is CC/C=C\C/C=C\C/C=C\C/C=C\C/C=C\C/C=C\C/C=C\C/C=C\CCCCCCCCCCCCCCC(=O)NC(COP(=O)(O)OCC[N+](C)(C)C)C(O)/C=C/CC/C=C/CC/C=C/CCCCC. The van der Waals surface area contributed by atoms with Crippen LogP contribution >= 0.6 is 7.82 Å². The van der Waals surface area contributed by atoms with Gasteiger partial charge in [0.25, 0.3) is 0 Å². The van der Waals surface area contributed by atoms with E-state index in [4.69, 9.17) is 9.05 Å². The average molecular weight is 1020 g/mol. The van der Waals surface area contributed by atoms with Gasteiger partial charge >= 0.3 is 7.82 Å². The zero-order valence-corrected chi connectivity index (χ0v) is 47.5. The first-order valence-corrected chi connectivity index (χ1v) is 30.1. The Morgan fingerprint density at radius 1 is 0.486 bits per heavy atom. The number of likely N-dealkylation sites (N-methyl/N-ethyl adjacent to an activating group) is 1.